The summed E-state index contributed by atoms with van der Waals surface area (Å²) in [7, 11) is -3.91. The fourth-order valence-corrected chi connectivity index (χ4v) is 2.43. The van der Waals surface area contributed by atoms with Crippen molar-refractivity contribution in [3.63, 3.8) is 0 Å². The molecule has 0 aliphatic carbocycles. The zero-order chi connectivity index (χ0) is 15.7. The van der Waals surface area contributed by atoms with E-state index in [-0.39, 0.29) is 5.75 Å². The second-order valence-electron chi connectivity index (χ2n) is 2.94. The Kier molecular flexibility index (Phi) is 22.7. The van der Waals surface area contributed by atoms with E-state index in [0.717, 1.165) is 0 Å². The molecule has 19 heavy (non-hydrogen) atoms. The van der Waals surface area contributed by atoms with Gasteiger partial charge in [-0.15, -0.1) is 0 Å². The predicted molar refractivity (Wildman–Crippen MR) is 78.8 cm³/mol. The molecule has 0 fully saturated rings. The highest BCUT2D eigenvalue weighted by molar-refractivity contribution is 7.85. The highest BCUT2D eigenvalue weighted by Gasteiger charge is 2.11. The van der Waals surface area contributed by atoms with Crippen molar-refractivity contribution in [2.75, 3.05) is 32.6 Å². The standard InChI is InChI=1S/C6H16O3Si.C3H8O3S.CH5N/c1-4-7-10(8-5-2)9-6-3;1-2-3-7(4,5)6;1-2/h10H,4-6H2,1-3H3;2-3H2,1H3,(H,4,5,6);2H2,1H3. The van der Waals surface area contributed by atoms with Gasteiger partial charge in [-0.1, -0.05) is 6.92 Å². The van der Waals surface area contributed by atoms with Crippen LogP contribution in [-0.2, 0) is 23.4 Å². The Balaban J connectivity index is -0.000000249. The molecule has 0 bridgehead atoms. The van der Waals surface area contributed by atoms with Gasteiger partial charge in [0.2, 0.25) is 0 Å². The third-order valence-corrected chi connectivity index (χ3v) is 4.11. The van der Waals surface area contributed by atoms with E-state index in [2.05, 4.69) is 5.73 Å². The average Bonchev–Trinajstić information content (AvgIpc) is 2.32. The second kappa shape index (κ2) is 18.0. The number of hydrogen-bond acceptors (Lipinski definition) is 6. The smallest absolute Gasteiger partial charge is 0.376 e. The van der Waals surface area contributed by atoms with Gasteiger partial charge < -0.3 is 19.0 Å². The minimum absolute atomic E-state index is 0.132. The van der Waals surface area contributed by atoms with Crippen molar-refractivity contribution in [1.29, 1.82) is 0 Å². The lowest BCUT2D eigenvalue weighted by Gasteiger charge is -2.12. The Morgan fingerprint density at radius 1 is 0.947 bits per heavy atom. The van der Waals surface area contributed by atoms with Gasteiger partial charge in [0, 0.05) is 19.8 Å². The van der Waals surface area contributed by atoms with Gasteiger partial charge in [0.15, 0.2) is 0 Å². The first kappa shape index (κ1) is 24.0. The highest BCUT2D eigenvalue weighted by Crippen LogP contribution is 1.91. The van der Waals surface area contributed by atoms with Crippen molar-refractivity contribution >= 4 is 19.6 Å². The number of hydrogen-bond donors (Lipinski definition) is 2. The molecule has 0 amide bonds. The summed E-state index contributed by atoms with van der Waals surface area (Å²) >= 11 is 0. The van der Waals surface area contributed by atoms with Crippen LogP contribution in [0.15, 0.2) is 0 Å². The molecule has 3 N–H and O–H groups in total. The molecule has 0 atom stereocenters. The van der Waals surface area contributed by atoms with Gasteiger partial charge in [-0.2, -0.15) is 8.42 Å². The predicted octanol–water partition coefficient (Wildman–Crippen LogP) is 0.672. The van der Waals surface area contributed by atoms with Crippen molar-refractivity contribution in [1.82, 2.24) is 0 Å². The molecule has 0 saturated heterocycles. The van der Waals surface area contributed by atoms with Gasteiger partial charge in [0.1, 0.15) is 0 Å². The quantitative estimate of drug-likeness (QED) is 0.500. The zero-order valence-corrected chi connectivity index (χ0v) is 14.6. The van der Waals surface area contributed by atoms with Gasteiger partial charge in [-0.3, -0.25) is 4.55 Å². The lowest BCUT2D eigenvalue weighted by Crippen LogP contribution is -2.27. The molecule has 0 saturated carbocycles. The fourth-order valence-electron chi connectivity index (χ4n) is 0.811. The number of rotatable bonds is 8. The molecule has 9 heteroatoms. The molecule has 0 aromatic rings. The molecule has 7 nitrogen and oxygen atoms in total. The molecule has 120 valence electrons. The van der Waals surface area contributed by atoms with E-state index in [9.17, 15) is 8.42 Å². The van der Waals surface area contributed by atoms with Crippen LogP contribution in [-0.4, -0.2) is 55.1 Å². The maximum atomic E-state index is 9.79. The van der Waals surface area contributed by atoms with E-state index in [4.69, 9.17) is 17.8 Å². The molecule has 0 radical (unpaired) electrons. The lowest BCUT2D eigenvalue weighted by atomic mass is 10.6. The van der Waals surface area contributed by atoms with Crippen LogP contribution in [0, 0.1) is 0 Å². The van der Waals surface area contributed by atoms with Gasteiger partial charge >= 0.3 is 9.53 Å². The van der Waals surface area contributed by atoms with Crippen LogP contribution < -0.4 is 5.73 Å². The molecule has 0 unspecified atom stereocenters. The van der Waals surface area contributed by atoms with E-state index >= 15 is 0 Å². The minimum atomic E-state index is -3.67. The normalized spacial score (nSPS) is 10.3. The molecule has 0 aromatic heterocycles. The molecule has 0 aromatic carbocycles. The van der Waals surface area contributed by atoms with E-state index < -0.39 is 19.6 Å². The monoisotopic (exact) mass is 319 g/mol. The van der Waals surface area contributed by atoms with Crippen LogP contribution in [0.3, 0.4) is 0 Å². The Bertz CT molecular complexity index is 236. The molecule has 0 aliphatic heterocycles. The Labute approximate surface area is 119 Å². The van der Waals surface area contributed by atoms with E-state index in [0.29, 0.717) is 26.2 Å². The van der Waals surface area contributed by atoms with Crippen molar-refractivity contribution in [3.8, 4) is 0 Å². The minimum Gasteiger partial charge on any atom is -0.376 e. The van der Waals surface area contributed by atoms with Gasteiger partial charge in [0.05, 0.1) is 5.75 Å². The van der Waals surface area contributed by atoms with Crippen LogP contribution in [0.4, 0.5) is 0 Å². The summed E-state index contributed by atoms with van der Waals surface area (Å²) in [4.78, 5) is 0. The Morgan fingerprint density at radius 2 is 1.26 bits per heavy atom. The molecular formula is C10H29NO6SSi. The molecule has 0 aliphatic rings. The summed E-state index contributed by atoms with van der Waals surface area (Å²) in [5, 5.41) is 0. The summed E-state index contributed by atoms with van der Waals surface area (Å²) < 4.78 is 43.2. The first-order chi connectivity index (χ1) is 8.91. The third kappa shape index (κ3) is 27.2. The van der Waals surface area contributed by atoms with Crippen molar-refractivity contribution in [2.24, 2.45) is 5.73 Å². The zero-order valence-electron chi connectivity index (χ0n) is 12.6. The molecule has 0 spiro atoms. The first-order valence-electron chi connectivity index (χ1n) is 6.28. The maximum absolute atomic E-state index is 9.79. The summed E-state index contributed by atoms with van der Waals surface area (Å²) in [5.41, 5.74) is 4.50. The number of nitrogens with two attached hydrogens (primary N) is 1. The average molecular weight is 319 g/mol. The van der Waals surface area contributed by atoms with Gasteiger partial charge in [0.25, 0.3) is 10.1 Å². The van der Waals surface area contributed by atoms with Crippen LogP contribution in [0.25, 0.3) is 0 Å². The van der Waals surface area contributed by atoms with Crippen LogP contribution in [0.1, 0.15) is 34.1 Å². The van der Waals surface area contributed by atoms with E-state index in [1.807, 2.05) is 20.8 Å². The van der Waals surface area contributed by atoms with Crippen LogP contribution in [0.2, 0.25) is 0 Å². The van der Waals surface area contributed by atoms with Crippen molar-refractivity contribution < 1.29 is 26.2 Å². The van der Waals surface area contributed by atoms with Gasteiger partial charge in [-0.05, 0) is 34.2 Å². The van der Waals surface area contributed by atoms with Crippen LogP contribution >= 0.6 is 0 Å². The van der Waals surface area contributed by atoms with E-state index in [1.54, 1.807) is 6.92 Å². The second-order valence-corrected chi connectivity index (χ2v) is 6.09. The van der Waals surface area contributed by atoms with Crippen LogP contribution in [0.5, 0.6) is 0 Å². The molecular weight excluding hydrogens is 290 g/mol. The fraction of sp³-hybridized carbons (Fsp3) is 1.00. The summed E-state index contributed by atoms with van der Waals surface area (Å²) in [6, 6.07) is 0. The van der Waals surface area contributed by atoms with Gasteiger partial charge in [-0.25, -0.2) is 0 Å². The third-order valence-electron chi connectivity index (χ3n) is 1.37. The molecule has 0 rings (SSSR count). The maximum Gasteiger partial charge on any atom is 0.484 e. The summed E-state index contributed by atoms with van der Waals surface area (Å²) in [6.45, 7) is 9.55. The Hall–Kier alpha value is -0.0331. The lowest BCUT2D eigenvalue weighted by molar-refractivity contribution is 0.107. The molecule has 0 heterocycles. The first-order valence-corrected chi connectivity index (χ1v) is 9.31. The highest BCUT2D eigenvalue weighted by atomic mass is 32.2. The Morgan fingerprint density at radius 3 is 1.37 bits per heavy atom. The largest absolute Gasteiger partial charge is 0.484 e. The van der Waals surface area contributed by atoms with E-state index in [1.165, 1.54) is 7.05 Å². The van der Waals surface area contributed by atoms with Crippen molar-refractivity contribution in [2.45, 2.75) is 34.1 Å². The SMILES string of the molecule is CCCS(=O)(=O)O.CCO[SiH](OCC)OCC.CN. The topological polar surface area (TPSA) is 108 Å². The van der Waals surface area contributed by atoms with Crippen molar-refractivity contribution in [3.05, 3.63) is 0 Å². The summed E-state index contributed by atoms with van der Waals surface area (Å²) in [6.07, 6.45) is 0.471. The summed E-state index contributed by atoms with van der Waals surface area (Å²) in [5.74, 6) is -0.132.